The van der Waals surface area contributed by atoms with Gasteiger partial charge in [0.25, 0.3) is 0 Å². The number of hydrogen-bond acceptors (Lipinski definition) is 6. The number of thiazole rings is 1. The van der Waals surface area contributed by atoms with Gasteiger partial charge >= 0.3 is 5.97 Å². The van der Waals surface area contributed by atoms with Gasteiger partial charge in [0.15, 0.2) is 5.96 Å². The molecule has 1 aromatic heterocycles. The van der Waals surface area contributed by atoms with Crippen LogP contribution in [0.2, 0.25) is 0 Å². The van der Waals surface area contributed by atoms with E-state index < -0.39 is 0 Å². The van der Waals surface area contributed by atoms with Crippen LogP contribution in [0, 0.1) is 6.92 Å². The summed E-state index contributed by atoms with van der Waals surface area (Å²) in [6, 6.07) is 0.505. The number of carbonyl (C=O) groups is 1. The van der Waals surface area contributed by atoms with Gasteiger partial charge in [0.05, 0.1) is 18.3 Å². The zero-order valence-corrected chi connectivity index (χ0v) is 20.6. The summed E-state index contributed by atoms with van der Waals surface area (Å²) in [4.78, 5) is 23.6. The van der Waals surface area contributed by atoms with Crippen LogP contribution in [0.1, 0.15) is 60.5 Å². The monoisotopic (exact) mass is 511 g/mol. The molecule has 0 radical (unpaired) electrons. The maximum atomic E-state index is 12.0. The standard InChI is InChI=1S/C18H33N5O2S.HI/c1-8-12(3)23(7)11-10-20-18(19-6)22-14(5)16-21-13(4)15(26-16)17(24)25-9-2;/h12,14H,8-11H2,1-7H3,(H2,19,20,22);1H. The molecule has 27 heavy (non-hydrogen) atoms. The van der Waals surface area contributed by atoms with Gasteiger partial charge in [-0.25, -0.2) is 9.78 Å². The number of likely N-dealkylation sites (N-methyl/N-ethyl adjacent to an activating group) is 1. The lowest BCUT2D eigenvalue weighted by molar-refractivity contribution is 0.0531. The molecule has 0 aliphatic rings. The van der Waals surface area contributed by atoms with Crippen molar-refractivity contribution in [2.75, 3.05) is 33.8 Å². The first-order valence-electron chi connectivity index (χ1n) is 9.15. The quantitative estimate of drug-likeness (QED) is 0.230. The average Bonchev–Trinajstić information content (AvgIpc) is 3.02. The Bertz CT molecular complexity index is 609. The summed E-state index contributed by atoms with van der Waals surface area (Å²) in [5.41, 5.74) is 0.704. The second-order valence-electron chi connectivity index (χ2n) is 6.29. The number of nitrogens with one attached hydrogen (secondary N) is 2. The Hall–Kier alpha value is -0.940. The van der Waals surface area contributed by atoms with Crippen molar-refractivity contribution >= 4 is 47.2 Å². The van der Waals surface area contributed by atoms with Gasteiger partial charge in [-0.05, 0) is 41.2 Å². The van der Waals surface area contributed by atoms with Crippen LogP contribution in [-0.2, 0) is 4.74 Å². The first kappa shape index (κ1) is 26.1. The third-order valence-corrected chi connectivity index (χ3v) is 5.64. The van der Waals surface area contributed by atoms with E-state index in [4.69, 9.17) is 4.74 Å². The summed E-state index contributed by atoms with van der Waals surface area (Å²) in [5.74, 6) is 0.414. The van der Waals surface area contributed by atoms with Gasteiger partial charge in [0.1, 0.15) is 9.88 Å². The predicted octanol–water partition coefficient (Wildman–Crippen LogP) is 3.20. The number of esters is 1. The van der Waals surface area contributed by atoms with Crippen LogP contribution >= 0.6 is 35.3 Å². The van der Waals surface area contributed by atoms with Gasteiger partial charge in [0, 0.05) is 26.2 Å². The smallest absolute Gasteiger partial charge is 0.350 e. The van der Waals surface area contributed by atoms with Gasteiger partial charge in [-0.15, -0.1) is 35.3 Å². The van der Waals surface area contributed by atoms with E-state index >= 15 is 0 Å². The minimum absolute atomic E-state index is 0. The number of carbonyl (C=O) groups excluding carboxylic acids is 1. The van der Waals surface area contributed by atoms with Crippen molar-refractivity contribution in [2.24, 2.45) is 4.99 Å². The third-order valence-electron chi connectivity index (χ3n) is 4.32. The first-order chi connectivity index (χ1) is 12.3. The summed E-state index contributed by atoms with van der Waals surface area (Å²) in [5, 5.41) is 7.49. The lowest BCUT2D eigenvalue weighted by Gasteiger charge is -2.24. The minimum atomic E-state index is -0.309. The molecule has 2 unspecified atom stereocenters. The highest BCUT2D eigenvalue weighted by Crippen LogP contribution is 2.24. The van der Waals surface area contributed by atoms with E-state index in [0.29, 0.717) is 23.2 Å². The molecule has 0 aliphatic heterocycles. The molecule has 1 aromatic rings. The van der Waals surface area contributed by atoms with Gasteiger partial charge in [-0.1, -0.05) is 6.92 Å². The molecule has 0 aromatic carbocycles. The highest BCUT2D eigenvalue weighted by molar-refractivity contribution is 14.0. The molecule has 0 aliphatic carbocycles. The highest BCUT2D eigenvalue weighted by atomic mass is 127. The summed E-state index contributed by atoms with van der Waals surface area (Å²) in [6.07, 6.45) is 1.13. The van der Waals surface area contributed by atoms with E-state index in [-0.39, 0.29) is 36.0 Å². The van der Waals surface area contributed by atoms with Crippen LogP contribution < -0.4 is 10.6 Å². The molecule has 0 amide bonds. The van der Waals surface area contributed by atoms with Crippen molar-refractivity contribution in [2.45, 2.75) is 53.1 Å². The topological polar surface area (TPSA) is 78.8 Å². The summed E-state index contributed by atoms with van der Waals surface area (Å²) >= 11 is 1.36. The minimum Gasteiger partial charge on any atom is -0.462 e. The molecule has 1 rings (SSSR count). The van der Waals surface area contributed by atoms with Crippen molar-refractivity contribution in [3.63, 3.8) is 0 Å². The normalized spacial score (nSPS) is 13.7. The van der Waals surface area contributed by atoms with Crippen molar-refractivity contribution < 1.29 is 9.53 Å². The van der Waals surface area contributed by atoms with Crippen molar-refractivity contribution in [1.82, 2.24) is 20.5 Å². The Morgan fingerprint density at radius 2 is 2.04 bits per heavy atom. The molecule has 0 spiro atoms. The fourth-order valence-corrected chi connectivity index (χ4v) is 3.30. The van der Waals surface area contributed by atoms with E-state index in [1.807, 2.05) is 13.8 Å². The Balaban J connectivity index is 0.00000676. The van der Waals surface area contributed by atoms with Crippen LogP contribution in [0.5, 0.6) is 0 Å². The number of aliphatic imine (C=N–C) groups is 1. The number of aryl methyl sites for hydroxylation is 1. The largest absolute Gasteiger partial charge is 0.462 e. The van der Waals surface area contributed by atoms with Gasteiger partial charge in [-0.3, -0.25) is 4.99 Å². The molecule has 2 atom stereocenters. The second kappa shape index (κ2) is 13.3. The van der Waals surface area contributed by atoms with Crippen molar-refractivity contribution in [3.05, 3.63) is 15.6 Å². The van der Waals surface area contributed by atoms with E-state index in [2.05, 4.69) is 46.4 Å². The van der Waals surface area contributed by atoms with Gasteiger partial charge < -0.3 is 20.3 Å². The van der Waals surface area contributed by atoms with Crippen LogP contribution in [-0.4, -0.2) is 61.6 Å². The number of rotatable bonds is 9. The number of hydrogen-bond donors (Lipinski definition) is 2. The molecule has 7 nitrogen and oxygen atoms in total. The Morgan fingerprint density at radius 1 is 1.37 bits per heavy atom. The molecule has 0 saturated heterocycles. The van der Waals surface area contributed by atoms with E-state index in [1.165, 1.54) is 11.3 Å². The number of aromatic nitrogens is 1. The number of guanidine groups is 1. The summed E-state index contributed by atoms with van der Waals surface area (Å²) in [7, 11) is 3.88. The third kappa shape index (κ3) is 8.30. The first-order valence-corrected chi connectivity index (χ1v) is 9.97. The van der Waals surface area contributed by atoms with Crippen LogP contribution in [0.25, 0.3) is 0 Å². The summed E-state index contributed by atoms with van der Waals surface area (Å²) in [6.45, 7) is 12.2. The molecule has 9 heteroatoms. The van der Waals surface area contributed by atoms with Crippen LogP contribution in [0.3, 0.4) is 0 Å². The van der Waals surface area contributed by atoms with Crippen LogP contribution in [0.4, 0.5) is 0 Å². The molecule has 1 heterocycles. The predicted molar refractivity (Wildman–Crippen MR) is 124 cm³/mol. The number of nitrogens with zero attached hydrogens (tertiary/aromatic N) is 3. The second-order valence-corrected chi connectivity index (χ2v) is 7.32. The molecule has 0 bridgehead atoms. The van der Waals surface area contributed by atoms with E-state index in [9.17, 15) is 4.79 Å². The molecular formula is C18H34IN5O2S. The highest BCUT2D eigenvalue weighted by Gasteiger charge is 2.20. The SMILES string of the molecule is CCOC(=O)c1sc(C(C)NC(=NC)NCCN(C)C(C)CC)nc1C.I. The van der Waals surface area contributed by atoms with E-state index in [0.717, 1.165) is 30.5 Å². The fourth-order valence-electron chi connectivity index (χ4n) is 2.33. The lowest BCUT2D eigenvalue weighted by atomic mass is 10.2. The maximum absolute atomic E-state index is 12.0. The fraction of sp³-hybridized carbons (Fsp3) is 0.722. The van der Waals surface area contributed by atoms with Crippen molar-refractivity contribution in [1.29, 1.82) is 0 Å². The van der Waals surface area contributed by atoms with Gasteiger partial charge in [-0.2, -0.15) is 0 Å². The van der Waals surface area contributed by atoms with Gasteiger partial charge in [0.2, 0.25) is 0 Å². The Kier molecular flexibility index (Phi) is 12.8. The molecular weight excluding hydrogens is 477 g/mol. The Labute approximate surface area is 184 Å². The van der Waals surface area contributed by atoms with E-state index in [1.54, 1.807) is 14.0 Å². The number of ether oxygens (including phenoxy) is 1. The molecule has 0 saturated carbocycles. The molecule has 2 N–H and O–H groups in total. The average molecular weight is 511 g/mol. The summed E-state index contributed by atoms with van der Waals surface area (Å²) < 4.78 is 5.08. The maximum Gasteiger partial charge on any atom is 0.350 e. The zero-order chi connectivity index (χ0) is 19.7. The lowest BCUT2D eigenvalue weighted by Crippen LogP contribution is -2.43. The molecule has 156 valence electrons. The Morgan fingerprint density at radius 3 is 2.59 bits per heavy atom. The van der Waals surface area contributed by atoms with Crippen LogP contribution in [0.15, 0.2) is 4.99 Å². The molecule has 0 fully saturated rings. The number of halogens is 1. The van der Waals surface area contributed by atoms with Crippen molar-refractivity contribution in [3.8, 4) is 0 Å². The zero-order valence-electron chi connectivity index (χ0n) is 17.5.